The lowest BCUT2D eigenvalue weighted by atomic mass is 10.1. The highest BCUT2D eigenvalue weighted by Crippen LogP contribution is 2.30. The topological polar surface area (TPSA) is 42.7 Å². The molecule has 1 aliphatic rings. The van der Waals surface area contributed by atoms with Crippen LogP contribution < -0.4 is 10.2 Å². The Labute approximate surface area is 152 Å². The van der Waals surface area contributed by atoms with Crippen LogP contribution >= 0.6 is 0 Å². The number of rotatable bonds is 4. The van der Waals surface area contributed by atoms with Crippen molar-refractivity contribution in [3.63, 3.8) is 0 Å². The maximum Gasteiger partial charge on any atom is 0.200 e. The maximum atomic E-state index is 12.8. The van der Waals surface area contributed by atoms with Gasteiger partial charge in [-0.05, 0) is 50.2 Å². The zero-order valence-electron chi connectivity index (χ0n) is 15.0. The Hall–Kier alpha value is -2.59. The third kappa shape index (κ3) is 3.13. The molecule has 0 amide bonds. The summed E-state index contributed by atoms with van der Waals surface area (Å²) in [5, 5.41) is 1.19. The molecule has 2 aromatic carbocycles. The summed E-state index contributed by atoms with van der Waals surface area (Å²) in [4.78, 5) is 15.3. The van der Waals surface area contributed by atoms with E-state index >= 15 is 0 Å². The fourth-order valence-electron chi connectivity index (χ4n) is 3.67. The molecule has 1 aromatic heterocycles. The zero-order chi connectivity index (χ0) is 17.9. The number of hydrogen-bond acceptors (Lipinski definition) is 4. The molecule has 4 rings (SSSR count). The summed E-state index contributed by atoms with van der Waals surface area (Å²) >= 11 is 0. The van der Waals surface area contributed by atoms with E-state index in [1.165, 1.54) is 19.3 Å². The van der Waals surface area contributed by atoms with Crippen LogP contribution in [0.1, 0.15) is 24.8 Å². The Kier molecular flexibility index (Phi) is 4.76. The summed E-state index contributed by atoms with van der Waals surface area (Å²) in [7, 11) is 1.64. The van der Waals surface area contributed by atoms with Crippen LogP contribution in [0, 0.1) is 0 Å². The first-order chi connectivity index (χ1) is 12.8. The number of fused-ring (bicyclic) bond motifs is 2. The van der Waals surface area contributed by atoms with Crippen molar-refractivity contribution in [3.8, 4) is 5.75 Å². The number of methoxy groups -OCH3 is 1. The van der Waals surface area contributed by atoms with Crippen molar-refractivity contribution >= 4 is 28.0 Å². The normalized spacial score (nSPS) is 15.9. The van der Waals surface area contributed by atoms with Gasteiger partial charge in [0.15, 0.2) is 0 Å². The Morgan fingerprint density at radius 3 is 2.69 bits per heavy atom. The molecule has 0 spiro atoms. The minimum atomic E-state index is -0.00446. The van der Waals surface area contributed by atoms with Crippen molar-refractivity contribution in [1.82, 2.24) is 4.90 Å². The minimum Gasteiger partial charge on any atom is -0.496 e. The second-order valence-corrected chi connectivity index (χ2v) is 6.75. The first-order valence-electron chi connectivity index (χ1n) is 9.19. The predicted octanol–water partition coefficient (Wildman–Crippen LogP) is 4.45. The van der Waals surface area contributed by atoms with Gasteiger partial charge in [0.1, 0.15) is 16.9 Å². The van der Waals surface area contributed by atoms with Crippen molar-refractivity contribution in [1.29, 1.82) is 0 Å². The van der Waals surface area contributed by atoms with Gasteiger partial charge in [-0.15, -0.1) is 0 Å². The molecule has 0 N–H and O–H groups in total. The van der Waals surface area contributed by atoms with E-state index in [1.807, 2.05) is 30.3 Å². The number of para-hydroxylation sites is 1. The monoisotopic (exact) mass is 349 g/mol. The summed E-state index contributed by atoms with van der Waals surface area (Å²) in [6, 6.07) is 11.0. The quantitative estimate of drug-likeness (QED) is 0.653. The van der Waals surface area contributed by atoms with Crippen LogP contribution in [-0.2, 0) is 0 Å². The van der Waals surface area contributed by atoms with Crippen molar-refractivity contribution in [3.05, 3.63) is 58.3 Å². The first-order valence-corrected chi connectivity index (χ1v) is 9.19. The summed E-state index contributed by atoms with van der Waals surface area (Å²) in [6.45, 7) is 3.20. The van der Waals surface area contributed by atoms with E-state index in [1.54, 1.807) is 19.2 Å². The number of ether oxygens (including phenoxy) is 1. The smallest absolute Gasteiger partial charge is 0.200 e. The molecule has 0 bridgehead atoms. The number of nitrogens with zero attached hydrogens (tertiary/aromatic N) is 1. The fourth-order valence-corrected chi connectivity index (χ4v) is 3.67. The number of likely N-dealkylation sites (tertiary alicyclic amines) is 1. The Balaban J connectivity index is 1.79. The molecule has 0 unspecified atom stereocenters. The van der Waals surface area contributed by atoms with E-state index in [2.05, 4.69) is 11.0 Å². The van der Waals surface area contributed by atoms with Crippen LogP contribution in [0.5, 0.6) is 5.75 Å². The molecule has 0 saturated carbocycles. The van der Waals surface area contributed by atoms with Gasteiger partial charge in [-0.2, -0.15) is 0 Å². The molecule has 0 atom stereocenters. The lowest BCUT2D eigenvalue weighted by molar-refractivity contribution is 0.252. The molecule has 1 fully saturated rings. The fraction of sp³-hybridized carbons (Fsp3) is 0.318. The molecule has 4 nitrogen and oxygen atoms in total. The first kappa shape index (κ1) is 16.9. The molecular formula is C22H23NO3. The van der Waals surface area contributed by atoms with Crippen molar-refractivity contribution < 1.29 is 9.15 Å². The average molecular weight is 349 g/mol. The maximum absolute atomic E-state index is 12.8. The van der Waals surface area contributed by atoms with E-state index in [9.17, 15) is 4.79 Å². The van der Waals surface area contributed by atoms with E-state index in [0.717, 1.165) is 25.2 Å². The number of hydrogen-bond donors (Lipinski definition) is 0. The van der Waals surface area contributed by atoms with E-state index < -0.39 is 0 Å². The summed E-state index contributed by atoms with van der Waals surface area (Å²) in [6.07, 6.45) is 8.03. The third-order valence-electron chi connectivity index (χ3n) is 5.06. The summed E-state index contributed by atoms with van der Waals surface area (Å²) in [5.41, 5.74) is 2.01. The second kappa shape index (κ2) is 7.34. The van der Waals surface area contributed by atoms with Gasteiger partial charge in [0, 0.05) is 6.54 Å². The molecule has 134 valence electrons. The van der Waals surface area contributed by atoms with Crippen molar-refractivity contribution in [2.75, 3.05) is 26.7 Å². The molecule has 26 heavy (non-hydrogen) atoms. The standard InChI is InChI=1S/C22H23NO3/c1-25-19-12-11-18-21(24)16-8-3-4-10-20(16)26-22(18)17(19)9-7-15-23-13-5-2-6-14-23/h3-4,7-12H,2,5-6,13-15H2,1H3/b9-7+. The molecule has 4 heteroatoms. The van der Waals surface area contributed by atoms with Gasteiger partial charge < -0.3 is 9.15 Å². The lowest BCUT2D eigenvalue weighted by Crippen LogP contribution is -2.29. The van der Waals surface area contributed by atoms with Gasteiger partial charge in [0.25, 0.3) is 0 Å². The highest BCUT2D eigenvalue weighted by molar-refractivity contribution is 5.95. The van der Waals surface area contributed by atoms with Crippen molar-refractivity contribution in [2.45, 2.75) is 19.3 Å². The number of benzene rings is 2. The van der Waals surface area contributed by atoms with E-state index in [-0.39, 0.29) is 5.43 Å². The average Bonchev–Trinajstić information content (AvgIpc) is 2.69. The van der Waals surface area contributed by atoms with Crippen LogP contribution in [0.3, 0.4) is 0 Å². The summed E-state index contributed by atoms with van der Waals surface area (Å²) < 4.78 is 11.6. The SMILES string of the molecule is COc1ccc2c(=O)c3ccccc3oc2c1/C=C/CN1CCCCC1. The number of piperidine rings is 1. The molecule has 1 aliphatic heterocycles. The third-order valence-corrected chi connectivity index (χ3v) is 5.06. The predicted molar refractivity (Wildman–Crippen MR) is 106 cm³/mol. The van der Waals surface area contributed by atoms with Crippen LogP contribution in [0.25, 0.3) is 28.0 Å². The van der Waals surface area contributed by atoms with Gasteiger partial charge in [0.05, 0.1) is 23.4 Å². The molecule has 0 radical (unpaired) electrons. The van der Waals surface area contributed by atoms with Gasteiger partial charge >= 0.3 is 0 Å². The Morgan fingerprint density at radius 2 is 1.88 bits per heavy atom. The van der Waals surface area contributed by atoms with Gasteiger partial charge in [-0.1, -0.05) is 30.7 Å². The van der Waals surface area contributed by atoms with E-state index in [4.69, 9.17) is 9.15 Å². The van der Waals surface area contributed by atoms with Gasteiger partial charge in [-0.3, -0.25) is 9.69 Å². The Bertz CT molecular complexity index is 1010. The van der Waals surface area contributed by atoms with Gasteiger partial charge in [0.2, 0.25) is 5.43 Å². The van der Waals surface area contributed by atoms with Crippen LogP contribution in [0.2, 0.25) is 0 Å². The second-order valence-electron chi connectivity index (χ2n) is 6.75. The summed E-state index contributed by atoms with van der Waals surface area (Å²) in [5.74, 6) is 0.714. The Morgan fingerprint density at radius 1 is 1.08 bits per heavy atom. The molecular weight excluding hydrogens is 326 g/mol. The van der Waals surface area contributed by atoms with Gasteiger partial charge in [-0.25, -0.2) is 0 Å². The largest absolute Gasteiger partial charge is 0.496 e. The molecule has 1 saturated heterocycles. The molecule has 2 heterocycles. The van der Waals surface area contributed by atoms with Crippen LogP contribution in [0.4, 0.5) is 0 Å². The van der Waals surface area contributed by atoms with Crippen molar-refractivity contribution in [2.24, 2.45) is 0 Å². The molecule has 0 aliphatic carbocycles. The van der Waals surface area contributed by atoms with Crippen LogP contribution in [0.15, 0.2) is 51.7 Å². The molecule has 3 aromatic rings. The van der Waals surface area contributed by atoms with Crippen LogP contribution in [-0.4, -0.2) is 31.6 Å². The van der Waals surface area contributed by atoms with E-state index in [0.29, 0.717) is 27.7 Å². The zero-order valence-corrected chi connectivity index (χ0v) is 15.0. The highest BCUT2D eigenvalue weighted by Gasteiger charge is 2.14. The lowest BCUT2D eigenvalue weighted by Gasteiger charge is -2.24. The minimum absolute atomic E-state index is 0.00446. The highest BCUT2D eigenvalue weighted by atomic mass is 16.5.